The maximum absolute atomic E-state index is 15.1. The number of aromatic nitrogens is 2. The summed E-state index contributed by atoms with van der Waals surface area (Å²) < 4.78 is 86.6. The molecular weight excluding hydrogens is 731 g/mol. The molecule has 0 amide bonds. The highest BCUT2D eigenvalue weighted by molar-refractivity contribution is 7.92. The third-order valence-electron chi connectivity index (χ3n) is 9.56. The molecule has 0 fully saturated rings. The number of rotatable bonds is 6. The van der Waals surface area contributed by atoms with Gasteiger partial charge in [0.05, 0.1) is 9.79 Å². The summed E-state index contributed by atoms with van der Waals surface area (Å²) in [5.41, 5.74) is -0.00276. The van der Waals surface area contributed by atoms with Crippen molar-refractivity contribution in [1.82, 2.24) is 9.97 Å². The van der Waals surface area contributed by atoms with E-state index in [9.17, 15) is 16.8 Å². The number of benzene rings is 6. The largest absolute Gasteiger partial charge is 0.309 e. The molecule has 2 aliphatic heterocycles. The molecule has 0 radical (unpaired) electrons. The fourth-order valence-electron chi connectivity index (χ4n) is 7.05. The molecule has 0 saturated heterocycles. The average molecular weight is 757 g/mol. The smallest absolute Gasteiger partial charge is 0.226 e. The van der Waals surface area contributed by atoms with Crippen LogP contribution < -0.4 is 31.8 Å². The monoisotopic (exact) mass is 756 g/mol. The number of hydrogen-bond acceptors (Lipinski definition) is 8. The Morgan fingerprint density at radius 1 is 0.365 bits per heavy atom. The minimum atomic E-state index is -4.26. The fourth-order valence-corrected chi connectivity index (χ4v) is 15.4. The highest BCUT2D eigenvalue weighted by Gasteiger charge is 2.45. The molecule has 7 aromatic rings. The molecule has 0 atom stereocenters. The van der Waals surface area contributed by atoms with Crippen LogP contribution in [0.4, 0.5) is 0 Å². The van der Waals surface area contributed by atoms with Crippen LogP contribution >= 0.6 is 14.3 Å². The van der Waals surface area contributed by atoms with E-state index in [-0.39, 0.29) is 32.3 Å². The van der Waals surface area contributed by atoms with Crippen LogP contribution in [-0.2, 0) is 28.8 Å². The Bertz CT molecular complexity index is 2640. The first-order valence-electron chi connectivity index (χ1n) is 16.2. The molecule has 0 aliphatic carbocycles. The van der Waals surface area contributed by atoms with Gasteiger partial charge in [-0.2, -0.15) is 0 Å². The minimum absolute atomic E-state index is 0.105. The van der Waals surface area contributed by atoms with Gasteiger partial charge in [0.1, 0.15) is 11.4 Å². The van der Waals surface area contributed by atoms with Crippen molar-refractivity contribution >= 4 is 65.8 Å². The lowest BCUT2D eigenvalue weighted by Gasteiger charge is -2.20. The molecule has 2 aliphatic rings. The van der Waals surface area contributed by atoms with Crippen molar-refractivity contribution < 1.29 is 26.0 Å². The molecule has 0 bridgehead atoms. The van der Waals surface area contributed by atoms with Crippen LogP contribution in [0, 0.1) is 0 Å². The van der Waals surface area contributed by atoms with E-state index in [4.69, 9.17) is 0 Å². The van der Waals surface area contributed by atoms with Crippen LogP contribution in [0.2, 0.25) is 0 Å². The van der Waals surface area contributed by atoms with Crippen LogP contribution in [0.15, 0.2) is 178 Å². The fraction of sp³-hybridized carbons (Fsp3) is 0. The van der Waals surface area contributed by atoms with Crippen LogP contribution in [0.3, 0.4) is 0 Å². The van der Waals surface area contributed by atoms with Crippen molar-refractivity contribution in [3.05, 3.63) is 158 Å². The molecule has 52 heavy (non-hydrogen) atoms. The van der Waals surface area contributed by atoms with Crippen LogP contribution in [-0.4, -0.2) is 26.8 Å². The number of fused-ring (bicyclic) bond motifs is 6. The van der Waals surface area contributed by atoms with Gasteiger partial charge in [-0.05, 0) is 36.4 Å². The van der Waals surface area contributed by atoms with Crippen molar-refractivity contribution in [2.75, 3.05) is 0 Å². The summed E-state index contributed by atoms with van der Waals surface area (Å²) in [7, 11) is -15.5. The molecular formula is C40H26N2O6P2S2. The minimum Gasteiger partial charge on any atom is -0.309 e. The summed E-state index contributed by atoms with van der Waals surface area (Å²) >= 11 is 0. The van der Waals surface area contributed by atoms with Crippen molar-refractivity contribution in [3.8, 4) is 22.5 Å². The Morgan fingerprint density at radius 3 is 0.942 bits per heavy atom. The van der Waals surface area contributed by atoms with Crippen LogP contribution in [0.5, 0.6) is 0 Å². The van der Waals surface area contributed by atoms with Gasteiger partial charge < -0.3 is 9.13 Å². The van der Waals surface area contributed by atoms with Crippen molar-refractivity contribution in [2.24, 2.45) is 0 Å². The molecule has 12 heteroatoms. The standard InChI is InChI=1S/C40H26N2O6P2S2/c43-49(27-13-5-1-6-14-27,28-15-7-2-8-16-28)31-21-23-35-33(25-31)37-39(51(35,45)46)42-38-34-26-32(22-24-36(34)52(47,48)40(38)41-37)50(44,29-17-9-3-10-18-29)30-19-11-4-12-20-30/h1-26H. The Labute approximate surface area is 300 Å². The van der Waals surface area contributed by atoms with E-state index in [0.29, 0.717) is 31.8 Å². The van der Waals surface area contributed by atoms with E-state index in [1.165, 1.54) is 24.3 Å². The molecule has 3 heterocycles. The van der Waals surface area contributed by atoms with Gasteiger partial charge in [0.15, 0.2) is 24.3 Å². The molecule has 0 saturated carbocycles. The van der Waals surface area contributed by atoms with Crippen molar-refractivity contribution in [3.63, 3.8) is 0 Å². The van der Waals surface area contributed by atoms with Crippen molar-refractivity contribution in [1.29, 1.82) is 0 Å². The molecule has 0 unspecified atom stereocenters. The summed E-state index contributed by atoms with van der Waals surface area (Å²) in [5, 5.41) is 2.16. The summed E-state index contributed by atoms with van der Waals surface area (Å²) in [6.07, 6.45) is 0. The molecule has 8 nitrogen and oxygen atoms in total. The predicted octanol–water partition coefficient (Wildman–Crippen LogP) is 5.38. The van der Waals surface area contributed by atoms with E-state index in [0.717, 1.165) is 0 Å². The Balaban J connectivity index is 1.24. The second-order valence-electron chi connectivity index (χ2n) is 12.5. The van der Waals surface area contributed by atoms with E-state index in [1.54, 1.807) is 109 Å². The van der Waals surface area contributed by atoms with E-state index in [1.807, 2.05) is 24.3 Å². The molecule has 1 aromatic heterocycles. The van der Waals surface area contributed by atoms with Gasteiger partial charge in [-0.25, -0.2) is 26.8 Å². The number of nitrogens with zero attached hydrogens (tertiary/aromatic N) is 2. The highest BCUT2D eigenvalue weighted by atomic mass is 32.2. The first-order chi connectivity index (χ1) is 25.1. The molecule has 9 rings (SSSR count). The molecule has 254 valence electrons. The lowest BCUT2D eigenvalue weighted by Crippen LogP contribution is -2.25. The lowest BCUT2D eigenvalue weighted by atomic mass is 10.1. The van der Waals surface area contributed by atoms with Crippen LogP contribution in [0.1, 0.15) is 0 Å². The molecule has 0 spiro atoms. The summed E-state index contributed by atoms with van der Waals surface area (Å²) in [6, 6.07) is 44.7. The molecule has 6 aromatic carbocycles. The van der Waals surface area contributed by atoms with Gasteiger partial charge in [0, 0.05) is 43.0 Å². The second kappa shape index (κ2) is 11.6. The van der Waals surface area contributed by atoms with E-state index < -0.39 is 44.0 Å². The van der Waals surface area contributed by atoms with Crippen LogP contribution in [0.25, 0.3) is 22.5 Å². The molecule has 0 N–H and O–H groups in total. The Kier molecular flexibility index (Phi) is 7.31. The summed E-state index contributed by atoms with van der Waals surface area (Å²) in [4.78, 5) is 8.84. The van der Waals surface area contributed by atoms with Gasteiger partial charge in [-0.3, -0.25) is 0 Å². The SMILES string of the molecule is O=P(c1ccccc1)(c1ccccc1)c1ccc2c(c1)-c1nc3c(nc1S2(=O)=O)-c1cc(P(=O)(c2ccccc2)c2ccccc2)ccc1S3(=O)=O. The maximum Gasteiger partial charge on any atom is 0.226 e. The zero-order chi connectivity index (χ0) is 35.9. The number of hydrogen-bond donors (Lipinski definition) is 0. The third-order valence-corrected chi connectivity index (χ3v) is 19.1. The third kappa shape index (κ3) is 4.58. The normalized spacial score (nSPS) is 14.9. The van der Waals surface area contributed by atoms with Gasteiger partial charge in [0.25, 0.3) is 0 Å². The van der Waals surface area contributed by atoms with E-state index in [2.05, 4.69) is 9.97 Å². The van der Waals surface area contributed by atoms with Gasteiger partial charge in [0.2, 0.25) is 19.7 Å². The first-order valence-corrected chi connectivity index (χ1v) is 22.6. The average Bonchev–Trinajstić information content (AvgIpc) is 3.56. The predicted molar refractivity (Wildman–Crippen MR) is 203 cm³/mol. The zero-order valence-corrected chi connectivity index (χ0v) is 30.5. The second-order valence-corrected chi connectivity index (χ2v) is 21.7. The van der Waals surface area contributed by atoms with Crippen molar-refractivity contribution in [2.45, 2.75) is 19.8 Å². The Morgan fingerprint density at radius 2 is 0.654 bits per heavy atom. The number of sulfone groups is 2. The van der Waals surface area contributed by atoms with Gasteiger partial charge in [-0.1, -0.05) is 121 Å². The summed E-state index contributed by atoms with van der Waals surface area (Å²) in [5.74, 6) is 0. The first kappa shape index (κ1) is 32.7. The topological polar surface area (TPSA) is 128 Å². The highest BCUT2D eigenvalue weighted by Crippen LogP contribution is 2.51. The lowest BCUT2D eigenvalue weighted by molar-refractivity contribution is 0.590. The van der Waals surface area contributed by atoms with Gasteiger partial charge >= 0.3 is 0 Å². The maximum atomic E-state index is 15.1. The van der Waals surface area contributed by atoms with Gasteiger partial charge in [-0.15, -0.1) is 0 Å². The zero-order valence-electron chi connectivity index (χ0n) is 27.1. The quantitative estimate of drug-likeness (QED) is 0.207. The van der Waals surface area contributed by atoms with E-state index >= 15 is 9.13 Å². The summed E-state index contributed by atoms with van der Waals surface area (Å²) in [6.45, 7) is 0. The Hall–Kier alpha value is -5.24.